The summed E-state index contributed by atoms with van der Waals surface area (Å²) in [4.78, 5) is 56.3. The predicted octanol–water partition coefficient (Wildman–Crippen LogP) is 5.00. The van der Waals surface area contributed by atoms with E-state index in [4.69, 9.17) is 27.9 Å². The third-order valence-corrected chi connectivity index (χ3v) is 7.61. The molecule has 3 aromatic carbocycles. The number of hydrogen-bond donors (Lipinski definition) is 0. The zero-order valence-corrected chi connectivity index (χ0v) is 19.8. The Morgan fingerprint density at radius 2 is 1.51 bits per heavy atom. The predicted molar refractivity (Wildman–Crippen MR) is 129 cm³/mol. The Morgan fingerprint density at radius 3 is 2.14 bits per heavy atom. The van der Waals surface area contributed by atoms with Gasteiger partial charge in [-0.2, -0.15) is 0 Å². The molecule has 35 heavy (non-hydrogen) atoms. The molecule has 3 aliphatic rings. The van der Waals surface area contributed by atoms with Gasteiger partial charge >= 0.3 is 0 Å². The fourth-order valence-electron chi connectivity index (χ4n) is 5.55. The average molecular weight is 506 g/mol. The van der Waals surface area contributed by atoms with Gasteiger partial charge in [0.15, 0.2) is 0 Å². The average Bonchev–Trinajstić information content (AvgIpc) is 3.39. The van der Waals surface area contributed by atoms with Crippen molar-refractivity contribution in [2.24, 2.45) is 11.8 Å². The lowest BCUT2D eigenvalue weighted by Crippen LogP contribution is -2.51. The molecule has 1 spiro atoms. The van der Waals surface area contributed by atoms with E-state index in [0.717, 1.165) is 10.5 Å². The van der Waals surface area contributed by atoms with Gasteiger partial charge in [0.25, 0.3) is 0 Å². The van der Waals surface area contributed by atoms with E-state index in [1.807, 2.05) is 13.0 Å². The van der Waals surface area contributed by atoms with Crippen molar-refractivity contribution >= 4 is 52.3 Å². The molecule has 2 amide bonds. The van der Waals surface area contributed by atoms with Crippen LogP contribution in [0, 0.1) is 18.8 Å². The largest absolute Gasteiger partial charge is 0.349 e. The van der Waals surface area contributed by atoms with Crippen LogP contribution >= 0.6 is 23.2 Å². The first-order chi connectivity index (χ1) is 16.8. The van der Waals surface area contributed by atoms with Gasteiger partial charge in [-0.15, -0.1) is 0 Å². The summed E-state index contributed by atoms with van der Waals surface area (Å²) in [5.41, 5.74) is -0.189. The number of rotatable bonds is 2. The number of halogens is 2. The molecule has 2 aliphatic heterocycles. The summed E-state index contributed by atoms with van der Waals surface area (Å²) < 4.78 is 6.24. The zero-order chi connectivity index (χ0) is 24.6. The molecule has 2 fully saturated rings. The molecule has 3 aromatic rings. The topological polar surface area (TPSA) is 80.8 Å². The Bertz CT molecular complexity index is 1450. The lowest BCUT2D eigenvalue weighted by Gasteiger charge is -2.27. The van der Waals surface area contributed by atoms with Crippen molar-refractivity contribution in [3.05, 3.63) is 99.0 Å². The number of aryl methyl sites for hydroxylation is 1. The molecule has 2 heterocycles. The summed E-state index contributed by atoms with van der Waals surface area (Å²) in [6.45, 7) is 1.84. The fraction of sp³-hybridized carbons (Fsp3) is 0.185. The maximum Gasteiger partial charge on any atom is 0.241 e. The number of Topliss-reactive ketones (excluding diaryl/α,β-unsaturated/α-hetero) is 2. The molecule has 6 nitrogen and oxygen atoms in total. The summed E-state index contributed by atoms with van der Waals surface area (Å²) in [5.74, 6) is -4.88. The smallest absolute Gasteiger partial charge is 0.241 e. The van der Waals surface area contributed by atoms with Crippen LogP contribution in [0.5, 0.6) is 0 Å². The van der Waals surface area contributed by atoms with Gasteiger partial charge in [0, 0.05) is 26.7 Å². The second-order valence-corrected chi connectivity index (χ2v) is 9.84. The number of anilines is 1. The van der Waals surface area contributed by atoms with Crippen molar-refractivity contribution in [1.82, 2.24) is 0 Å². The highest BCUT2D eigenvalue weighted by Crippen LogP contribution is 2.58. The van der Waals surface area contributed by atoms with Gasteiger partial charge < -0.3 is 4.74 Å². The SMILES string of the molecule is Cc1cccc(N2C(=O)[C@@H]3[C@H](c4ccc(Cl)cc4Cl)OC4(C(=O)c5ccccc5C4=O)[C@H]3C2=O)c1. The standard InChI is InChI=1S/C27H17Cl2NO5/c1-13-5-4-6-15(11-13)30-25(33)20-21(26(30)34)27(23(31)16-7-2-3-8-17(16)24(27)32)35-22(20)18-10-9-14(28)12-19(18)29/h2-12,20-22H,1H3/t20-,21+,22-/m0/s1. The second-order valence-electron chi connectivity index (χ2n) is 9.00. The molecule has 1 aliphatic carbocycles. The summed E-state index contributed by atoms with van der Waals surface area (Å²) in [7, 11) is 0. The van der Waals surface area contributed by atoms with E-state index < -0.39 is 46.9 Å². The maximum atomic E-state index is 13.9. The molecule has 174 valence electrons. The van der Waals surface area contributed by atoms with Crippen LogP contribution < -0.4 is 4.90 Å². The zero-order valence-electron chi connectivity index (χ0n) is 18.3. The van der Waals surface area contributed by atoms with Crippen LogP contribution in [-0.2, 0) is 14.3 Å². The minimum atomic E-state index is -2.15. The van der Waals surface area contributed by atoms with Gasteiger partial charge in [0.1, 0.15) is 0 Å². The molecule has 0 saturated carbocycles. The molecule has 0 N–H and O–H groups in total. The molecular weight excluding hydrogens is 489 g/mol. The summed E-state index contributed by atoms with van der Waals surface area (Å²) in [6.07, 6.45) is -1.10. The quantitative estimate of drug-likeness (QED) is 0.361. The second kappa shape index (κ2) is 7.59. The number of carbonyl (C=O) groups excluding carboxylic acids is 4. The van der Waals surface area contributed by atoms with Crippen LogP contribution in [0.1, 0.15) is 37.9 Å². The highest BCUT2D eigenvalue weighted by Gasteiger charge is 2.74. The highest BCUT2D eigenvalue weighted by atomic mass is 35.5. The van der Waals surface area contributed by atoms with Crippen molar-refractivity contribution in [2.75, 3.05) is 4.90 Å². The Balaban J connectivity index is 1.57. The van der Waals surface area contributed by atoms with Crippen molar-refractivity contribution < 1.29 is 23.9 Å². The maximum absolute atomic E-state index is 13.9. The summed E-state index contributed by atoms with van der Waals surface area (Å²) in [6, 6.07) is 18.0. The number of nitrogens with zero attached hydrogens (tertiary/aromatic N) is 1. The van der Waals surface area contributed by atoms with Crippen LogP contribution in [-0.4, -0.2) is 29.0 Å². The number of imide groups is 1. The van der Waals surface area contributed by atoms with Gasteiger partial charge in [-0.3, -0.25) is 19.2 Å². The lowest BCUT2D eigenvalue weighted by molar-refractivity contribution is -0.127. The molecule has 0 unspecified atom stereocenters. The number of fused-ring (bicyclic) bond motifs is 3. The molecule has 8 heteroatoms. The van der Waals surface area contributed by atoms with E-state index in [1.165, 1.54) is 18.2 Å². The number of ether oxygens (including phenoxy) is 1. The van der Waals surface area contributed by atoms with Crippen molar-refractivity contribution in [2.45, 2.75) is 18.6 Å². The Morgan fingerprint density at radius 1 is 0.829 bits per heavy atom. The molecule has 6 rings (SSSR count). The Hall–Kier alpha value is -3.32. The number of ketones is 2. The van der Waals surface area contributed by atoms with E-state index in [2.05, 4.69) is 0 Å². The third kappa shape index (κ3) is 2.88. The lowest BCUT2D eigenvalue weighted by atomic mass is 9.77. The molecular formula is C27H17Cl2NO5. The number of hydrogen-bond acceptors (Lipinski definition) is 5. The van der Waals surface area contributed by atoms with Crippen LogP contribution in [0.3, 0.4) is 0 Å². The van der Waals surface area contributed by atoms with Gasteiger partial charge in [0.2, 0.25) is 29.0 Å². The van der Waals surface area contributed by atoms with Crippen molar-refractivity contribution in [1.29, 1.82) is 0 Å². The van der Waals surface area contributed by atoms with Crippen molar-refractivity contribution in [3.8, 4) is 0 Å². The van der Waals surface area contributed by atoms with Crippen LogP contribution in [0.4, 0.5) is 5.69 Å². The van der Waals surface area contributed by atoms with Crippen LogP contribution in [0.2, 0.25) is 10.0 Å². The fourth-order valence-corrected chi connectivity index (χ4v) is 6.07. The highest BCUT2D eigenvalue weighted by molar-refractivity contribution is 6.37. The molecule has 0 aromatic heterocycles. The number of amides is 2. The minimum Gasteiger partial charge on any atom is -0.349 e. The van der Waals surface area contributed by atoms with Gasteiger partial charge in [-0.1, -0.05) is 65.7 Å². The summed E-state index contributed by atoms with van der Waals surface area (Å²) in [5, 5.41) is 0.585. The molecule has 0 bridgehead atoms. The third-order valence-electron chi connectivity index (χ3n) is 7.05. The first-order valence-corrected chi connectivity index (χ1v) is 11.8. The van der Waals surface area contributed by atoms with Crippen molar-refractivity contribution in [3.63, 3.8) is 0 Å². The molecule has 3 atom stereocenters. The monoisotopic (exact) mass is 505 g/mol. The van der Waals surface area contributed by atoms with E-state index in [-0.39, 0.29) is 16.1 Å². The Labute approximate surface area is 210 Å². The first-order valence-electron chi connectivity index (χ1n) is 11.0. The number of benzene rings is 3. The van der Waals surface area contributed by atoms with Gasteiger partial charge in [-0.25, -0.2) is 4.90 Å². The molecule has 0 radical (unpaired) electrons. The van der Waals surface area contributed by atoms with Gasteiger partial charge in [-0.05, 0) is 36.8 Å². The van der Waals surface area contributed by atoms with E-state index in [0.29, 0.717) is 16.3 Å². The normalized spacial score (nSPS) is 24.4. The van der Waals surface area contributed by atoms with Gasteiger partial charge in [0.05, 0.1) is 23.6 Å². The molecule has 2 saturated heterocycles. The summed E-state index contributed by atoms with van der Waals surface area (Å²) >= 11 is 12.5. The van der Waals surface area contributed by atoms with Crippen LogP contribution in [0.15, 0.2) is 66.7 Å². The van der Waals surface area contributed by atoms with E-state index in [9.17, 15) is 19.2 Å². The minimum absolute atomic E-state index is 0.174. The van der Waals surface area contributed by atoms with E-state index in [1.54, 1.807) is 42.5 Å². The van der Waals surface area contributed by atoms with Crippen LogP contribution in [0.25, 0.3) is 0 Å². The number of carbonyl (C=O) groups is 4. The Kier molecular flexibility index (Phi) is 4.81. The first kappa shape index (κ1) is 22.2. The van der Waals surface area contributed by atoms with E-state index >= 15 is 0 Å².